The summed E-state index contributed by atoms with van der Waals surface area (Å²) in [6.07, 6.45) is 6.56. The number of H-pyrrole nitrogens is 1. The number of rotatable bonds is 4. The number of nitrogens with one attached hydrogen (secondary N) is 2. The molecule has 0 unspecified atom stereocenters. The Bertz CT molecular complexity index is 569. The monoisotopic (exact) mass is 260 g/mol. The highest BCUT2D eigenvalue weighted by Crippen LogP contribution is 2.39. The van der Waals surface area contributed by atoms with Crippen molar-refractivity contribution < 1.29 is 9.21 Å². The molecular weight excluding hydrogens is 244 g/mol. The smallest absolute Gasteiger partial charge is 0.255 e. The van der Waals surface area contributed by atoms with Crippen LogP contribution in [-0.4, -0.2) is 21.1 Å². The first-order valence-electron chi connectivity index (χ1n) is 6.50. The van der Waals surface area contributed by atoms with Gasteiger partial charge in [-0.2, -0.15) is 5.10 Å². The Balaban J connectivity index is 1.82. The van der Waals surface area contributed by atoms with Crippen molar-refractivity contribution in [1.82, 2.24) is 20.5 Å². The molecule has 0 saturated heterocycles. The van der Waals surface area contributed by atoms with Crippen LogP contribution in [0.5, 0.6) is 0 Å². The molecule has 0 aliphatic heterocycles. The molecule has 0 bridgehead atoms. The molecule has 0 spiro atoms. The second-order valence-electron chi connectivity index (χ2n) is 4.83. The van der Waals surface area contributed by atoms with Crippen molar-refractivity contribution in [3.63, 3.8) is 0 Å². The third-order valence-electron chi connectivity index (χ3n) is 3.74. The van der Waals surface area contributed by atoms with Crippen LogP contribution in [0, 0.1) is 0 Å². The van der Waals surface area contributed by atoms with Gasteiger partial charge in [0.15, 0.2) is 0 Å². The minimum absolute atomic E-state index is 0.110. The first-order valence-corrected chi connectivity index (χ1v) is 6.50. The molecule has 0 radical (unpaired) electrons. The normalized spacial score (nSPS) is 16.9. The number of carbonyl (C=O) groups is 1. The summed E-state index contributed by atoms with van der Waals surface area (Å²) in [5.74, 6) is 1.33. The number of hydrogen-bond donors (Lipinski definition) is 2. The number of furan rings is 1. The fourth-order valence-corrected chi connectivity index (χ4v) is 2.49. The van der Waals surface area contributed by atoms with E-state index in [4.69, 9.17) is 4.42 Å². The lowest BCUT2D eigenvalue weighted by molar-refractivity contribution is 0.0807. The van der Waals surface area contributed by atoms with Crippen LogP contribution >= 0.6 is 0 Å². The Labute approximate surface area is 110 Å². The predicted molar refractivity (Wildman–Crippen MR) is 67.5 cm³/mol. The molecule has 0 atom stereocenters. The molecule has 2 aromatic rings. The van der Waals surface area contributed by atoms with E-state index in [0.717, 1.165) is 25.1 Å². The molecule has 2 aromatic heterocycles. The molecule has 3 rings (SSSR count). The molecule has 1 fully saturated rings. The van der Waals surface area contributed by atoms with E-state index >= 15 is 0 Å². The molecule has 2 heterocycles. The summed E-state index contributed by atoms with van der Waals surface area (Å²) in [5.41, 5.74) is 0.212. The van der Waals surface area contributed by atoms with E-state index in [-0.39, 0.29) is 5.91 Å². The lowest BCUT2D eigenvalue weighted by Crippen LogP contribution is -2.51. The average Bonchev–Trinajstić information content (AvgIpc) is 3.03. The van der Waals surface area contributed by atoms with Crippen molar-refractivity contribution >= 4 is 5.91 Å². The maximum absolute atomic E-state index is 12.4. The van der Waals surface area contributed by atoms with Crippen molar-refractivity contribution in [2.75, 3.05) is 0 Å². The van der Waals surface area contributed by atoms with Crippen molar-refractivity contribution in [2.24, 2.45) is 0 Å². The second-order valence-corrected chi connectivity index (χ2v) is 4.83. The summed E-state index contributed by atoms with van der Waals surface area (Å²) < 4.78 is 5.30. The Morgan fingerprint density at radius 3 is 3.00 bits per heavy atom. The molecule has 0 aromatic carbocycles. The molecule has 2 N–H and O–H groups in total. The van der Waals surface area contributed by atoms with Crippen molar-refractivity contribution in [3.05, 3.63) is 35.8 Å². The van der Waals surface area contributed by atoms with Gasteiger partial charge in [0.25, 0.3) is 5.91 Å². The molecule has 19 heavy (non-hydrogen) atoms. The minimum atomic E-state index is -0.393. The van der Waals surface area contributed by atoms with Crippen molar-refractivity contribution in [3.8, 4) is 0 Å². The van der Waals surface area contributed by atoms with Gasteiger partial charge in [-0.15, -0.1) is 0 Å². The van der Waals surface area contributed by atoms with E-state index in [1.807, 2.05) is 6.92 Å². The summed E-state index contributed by atoms with van der Waals surface area (Å²) in [4.78, 5) is 16.5. The lowest BCUT2D eigenvalue weighted by Gasteiger charge is -2.40. The topological polar surface area (TPSA) is 83.8 Å². The zero-order chi connectivity index (χ0) is 13.3. The van der Waals surface area contributed by atoms with Gasteiger partial charge in [-0.1, -0.05) is 6.92 Å². The van der Waals surface area contributed by atoms with Gasteiger partial charge in [-0.25, -0.2) is 4.98 Å². The van der Waals surface area contributed by atoms with Gasteiger partial charge in [0.05, 0.1) is 17.4 Å². The summed E-state index contributed by atoms with van der Waals surface area (Å²) in [6.45, 7) is 1.96. The predicted octanol–water partition coefficient (Wildman–Crippen LogP) is 1.77. The first-order chi connectivity index (χ1) is 9.25. The average molecular weight is 260 g/mol. The minimum Gasteiger partial charge on any atom is -0.469 e. The summed E-state index contributed by atoms with van der Waals surface area (Å²) in [5, 5.41) is 9.80. The summed E-state index contributed by atoms with van der Waals surface area (Å²) >= 11 is 0. The van der Waals surface area contributed by atoms with Gasteiger partial charge in [0, 0.05) is 6.42 Å². The zero-order valence-electron chi connectivity index (χ0n) is 10.8. The second kappa shape index (κ2) is 4.53. The van der Waals surface area contributed by atoms with Gasteiger partial charge in [-0.05, 0) is 25.3 Å². The Morgan fingerprint density at radius 2 is 2.42 bits per heavy atom. The van der Waals surface area contributed by atoms with Crippen LogP contribution in [0.1, 0.15) is 48.1 Å². The number of carbonyl (C=O) groups excluding carboxylic acids is 1. The fourth-order valence-electron chi connectivity index (χ4n) is 2.49. The molecular formula is C13H16N4O2. The molecule has 1 saturated carbocycles. The van der Waals surface area contributed by atoms with Gasteiger partial charge in [0.1, 0.15) is 17.9 Å². The van der Waals surface area contributed by atoms with E-state index in [9.17, 15) is 4.79 Å². The van der Waals surface area contributed by atoms with E-state index in [1.54, 1.807) is 12.3 Å². The van der Waals surface area contributed by atoms with Crippen molar-refractivity contribution in [1.29, 1.82) is 0 Å². The van der Waals surface area contributed by atoms with Crippen LogP contribution in [0.2, 0.25) is 0 Å². The molecule has 1 aliphatic carbocycles. The molecule has 1 aliphatic rings. The lowest BCUT2D eigenvalue weighted by atomic mass is 9.76. The van der Waals surface area contributed by atoms with E-state index in [2.05, 4.69) is 20.5 Å². The van der Waals surface area contributed by atoms with Gasteiger partial charge >= 0.3 is 0 Å². The van der Waals surface area contributed by atoms with Crippen LogP contribution in [0.15, 0.2) is 23.1 Å². The Kier molecular flexibility index (Phi) is 2.85. The number of amides is 1. The first kappa shape index (κ1) is 12.0. The summed E-state index contributed by atoms with van der Waals surface area (Å²) in [6, 6.07) is 1.71. The molecule has 6 nitrogen and oxygen atoms in total. The van der Waals surface area contributed by atoms with Gasteiger partial charge in [0.2, 0.25) is 0 Å². The van der Waals surface area contributed by atoms with Crippen molar-refractivity contribution in [2.45, 2.75) is 38.1 Å². The van der Waals surface area contributed by atoms with Crippen LogP contribution in [-0.2, 0) is 12.0 Å². The highest BCUT2D eigenvalue weighted by molar-refractivity contribution is 5.95. The number of aryl methyl sites for hydroxylation is 1. The van der Waals surface area contributed by atoms with Gasteiger partial charge < -0.3 is 9.73 Å². The molecule has 6 heteroatoms. The number of aromatic amines is 1. The third kappa shape index (κ3) is 1.93. The van der Waals surface area contributed by atoms with Crippen LogP contribution < -0.4 is 5.32 Å². The molecule has 100 valence electrons. The number of hydrogen-bond acceptors (Lipinski definition) is 4. The largest absolute Gasteiger partial charge is 0.469 e. The maximum atomic E-state index is 12.4. The third-order valence-corrected chi connectivity index (χ3v) is 3.74. The van der Waals surface area contributed by atoms with E-state index in [0.29, 0.717) is 17.7 Å². The highest BCUT2D eigenvalue weighted by atomic mass is 16.3. The maximum Gasteiger partial charge on any atom is 0.255 e. The Hall–Kier alpha value is -2.11. The molecule has 1 amide bonds. The van der Waals surface area contributed by atoms with Crippen LogP contribution in [0.3, 0.4) is 0 Å². The van der Waals surface area contributed by atoms with E-state index < -0.39 is 5.54 Å². The number of aromatic nitrogens is 3. The van der Waals surface area contributed by atoms with E-state index in [1.165, 1.54) is 6.33 Å². The van der Waals surface area contributed by atoms with Crippen LogP contribution in [0.25, 0.3) is 0 Å². The Morgan fingerprint density at radius 1 is 1.58 bits per heavy atom. The SMILES string of the molecule is CCc1occc1C(=O)NC1(c2ncn[nH]2)CCC1. The van der Waals surface area contributed by atoms with Crippen LogP contribution in [0.4, 0.5) is 0 Å². The zero-order valence-corrected chi connectivity index (χ0v) is 10.8. The fraction of sp³-hybridized carbons (Fsp3) is 0.462. The number of nitrogens with zero attached hydrogens (tertiary/aromatic N) is 2. The standard InChI is InChI=1S/C13H16N4O2/c1-2-10-9(4-7-19-10)11(18)16-13(5-3-6-13)12-14-8-15-17-12/h4,7-8H,2-3,5-6H2,1H3,(H,16,18)(H,14,15,17). The quantitative estimate of drug-likeness (QED) is 0.877. The highest BCUT2D eigenvalue weighted by Gasteiger charge is 2.43. The van der Waals surface area contributed by atoms with Gasteiger partial charge in [-0.3, -0.25) is 9.89 Å². The summed E-state index contributed by atoms with van der Waals surface area (Å²) in [7, 11) is 0.